The highest BCUT2D eigenvalue weighted by atomic mass is 32.7. The molecule has 3 aromatic rings. The maximum absolute atomic E-state index is 16.9. The molecule has 244 valence electrons. The Bertz CT molecular complexity index is 1850. The van der Waals surface area contributed by atoms with Gasteiger partial charge in [-0.05, 0) is 0 Å². The first-order valence-electron chi connectivity index (χ1n) is 12.8. The maximum Gasteiger partial charge on any atom is 0.388 e. The number of H-pyrrole nitrogens is 1. The Balaban J connectivity index is 1.26. The number of thiol groups is 2. The molecule has 0 spiro atoms. The van der Waals surface area contributed by atoms with Crippen LogP contribution in [0.2, 0.25) is 0 Å². The van der Waals surface area contributed by atoms with Gasteiger partial charge in [0.15, 0.2) is 40.8 Å². The predicted molar refractivity (Wildman–Crippen MR) is 162 cm³/mol. The lowest BCUT2D eigenvalue weighted by atomic mass is 10.1. The number of hydrogen-bond acceptors (Lipinski definition) is 18. The lowest BCUT2D eigenvalue weighted by molar-refractivity contribution is -0.0599. The number of aromatic nitrogens is 6. The van der Waals surface area contributed by atoms with Crippen LogP contribution in [0.1, 0.15) is 0 Å². The SMILES string of the molecule is Nc1nc2c(ncn2[C@@]23CS[C@H](COP(=O)(S)O[C@@H]4[C@@H](COP(=O)(S)O2)OC[C@]4(F)N2NNc4c(N)ncnc42)[C@@H]3F)c(=O)[nH]1. The van der Waals surface area contributed by atoms with Crippen LogP contribution in [0.15, 0.2) is 17.4 Å². The second-order valence-corrected chi connectivity index (χ2v) is 17.1. The van der Waals surface area contributed by atoms with Gasteiger partial charge >= 0.3 is 13.6 Å². The summed E-state index contributed by atoms with van der Waals surface area (Å²) in [5.74, 6) is -3.26. The van der Waals surface area contributed by atoms with Gasteiger partial charge in [0.1, 0.15) is 24.7 Å². The predicted octanol–water partition coefficient (Wildman–Crippen LogP) is 1.12. The second-order valence-electron chi connectivity index (χ2n) is 10.2. The minimum absolute atomic E-state index is 0.0000395. The molecule has 45 heavy (non-hydrogen) atoms. The van der Waals surface area contributed by atoms with E-state index in [1.165, 1.54) is 0 Å². The summed E-state index contributed by atoms with van der Waals surface area (Å²) in [7, 11) is 0. The highest BCUT2D eigenvalue weighted by molar-refractivity contribution is 8.44. The Kier molecular flexibility index (Phi) is 7.60. The summed E-state index contributed by atoms with van der Waals surface area (Å²) in [6.45, 7) is -11.1. The molecule has 4 aliphatic heterocycles. The van der Waals surface area contributed by atoms with Gasteiger partial charge in [-0.1, -0.05) is 24.5 Å². The molecule has 0 amide bonds. The number of imidazole rings is 1. The minimum atomic E-state index is -4.57. The van der Waals surface area contributed by atoms with Crippen LogP contribution in [0.5, 0.6) is 0 Å². The molecule has 26 heteroatoms. The first-order valence-corrected chi connectivity index (χ1v) is 19.2. The number of nitrogens with one attached hydrogen (secondary N) is 3. The van der Waals surface area contributed by atoms with Crippen molar-refractivity contribution in [2.45, 2.75) is 35.1 Å². The molecule has 8 atom stereocenters. The lowest BCUT2D eigenvalue weighted by Gasteiger charge is -2.36. The summed E-state index contributed by atoms with van der Waals surface area (Å²) in [6, 6.07) is 0. The van der Waals surface area contributed by atoms with Crippen LogP contribution in [0.4, 0.5) is 32.1 Å². The first-order chi connectivity index (χ1) is 21.2. The van der Waals surface area contributed by atoms with E-state index in [0.29, 0.717) is 0 Å². The Morgan fingerprint density at radius 2 is 1.93 bits per heavy atom. The summed E-state index contributed by atoms with van der Waals surface area (Å²) >= 11 is 9.04. The van der Waals surface area contributed by atoms with E-state index in [1.807, 2.05) is 0 Å². The van der Waals surface area contributed by atoms with Crippen molar-refractivity contribution in [3.05, 3.63) is 23.0 Å². The number of aromatic amines is 1. The van der Waals surface area contributed by atoms with E-state index in [-0.39, 0.29) is 40.2 Å². The topological polar surface area (TPSA) is 249 Å². The summed E-state index contributed by atoms with van der Waals surface area (Å²) in [4.78, 5) is 30.7. The van der Waals surface area contributed by atoms with Crippen LogP contribution in [0, 0.1) is 0 Å². The number of fused-ring (bicyclic) bond motifs is 5. The number of hydrogen-bond donors (Lipinski definition) is 7. The first kappa shape index (κ1) is 31.4. The van der Waals surface area contributed by atoms with Crippen LogP contribution in [-0.2, 0) is 37.7 Å². The second kappa shape index (κ2) is 10.9. The molecule has 0 aromatic carbocycles. The van der Waals surface area contributed by atoms with Gasteiger partial charge in [0.2, 0.25) is 5.95 Å². The Hall–Kier alpha value is -2.24. The average molecular weight is 730 g/mol. The number of nitrogens with zero attached hydrogens (tertiary/aromatic N) is 6. The minimum Gasteiger partial charge on any atom is -0.382 e. The Labute approximate surface area is 265 Å². The molecule has 0 saturated carbocycles. The van der Waals surface area contributed by atoms with E-state index in [4.69, 9.17) is 34.3 Å². The monoisotopic (exact) mass is 729 g/mol. The molecule has 2 unspecified atom stereocenters. The van der Waals surface area contributed by atoms with Crippen molar-refractivity contribution in [2.24, 2.45) is 0 Å². The summed E-state index contributed by atoms with van der Waals surface area (Å²) in [6.07, 6.45) is -3.14. The molecule has 19 nitrogen and oxygen atoms in total. The number of rotatable bonds is 2. The maximum atomic E-state index is 16.9. The van der Waals surface area contributed by atoms with E-state index >= 15 is 8.78 Å². The summed E-state index contributed by atoms with van der Waals surface area (Å²) in [5, 5.41) is -0.260. The van der Waals surface area contributed by atoms with E-state index in [1.54, 1.807) is 0 Å². The van der Waals surface area contributed by atoms with E-state index < -0.39 is 74.1 Å². The Morgan fingerprint density at radius 1 is 1.16 bits per heavy atom. The molecule has 7 rings (SSSR count). The number of halogens is 2. The van der Waals surface area contributed by atoms with E-state index in [9.17, 15) is 13.9 Å². The van der Waals surface area contributed by atoms with Crippen LogP contribution in [0.25, 0.3) is 11.2 Å². The van der Waals surface area contributed by atoms with Gasteiger partial charge in [0.05, 0.1) is 24.8 Å². The van der Waals surface area contributed by atoms with Crippen molar-refractivity contribution in [3.63, 3.8) is 0 Å². The zero-order chi connectivity index (χ0) is 31.9. The molecular weight excluding hydrogens is 706 g/mol. The smallest absolute Gasteiger partial charge is 0.382 e. The number of alkyl halides is 2. The standard InChI is InChI=1S/C19H23F2N11O8P2S3/c20-11-8-2-38-41(34,43)39-12-7(36-3-18(12,21)32-14-9(29-30-32)13(22)24-5-25-14)1-37-42(35,44)40-19(11,4-45-8)31-6-26-10-15(31)27-17(23)28-16(10)33/h5-8,11-12,29-30H,1-4H2,(H,34,43)(H,35,44)(H2,22,24,25)(H3,23,27,28,33)/t7-,8-,11+,12-,18+,19+,41?,42?/m1/s1. The zero-order valence-electron chi connectivity index (χ0n) is 22.3. The third-order valence-electron chi connectivity index (χ3n) is 7.43. The quantitative estimate of drug-likeness (QED) is 0.111. The highest BCUT2D eigenvalue weighted by Gasteiger charge is 2.62. The normalized spacial score (nSPS) is 38.6. The van der Waals surface area contributed by atoms with Crippen molar-refractivity contribution in [3.8, 4) is 0 Å². The molecule has 4 aliphatic rings. The van der Waals surface area contributed by atoms with Gasteiger partial charge in [0, 0.05) is 5.75 Å². The third-order valence-corrected chi connectivity index (χ3v) is 12.0. The molecule has 3 aromatic heterocycles. The molecule has 0 radical (unpaired) electrons. The zero-order valence-corrected chi connectivity index (χ0v) is 26.7. The number of thioether (sulfide) groups is 1. The molecule has 7 N–H and O–H groups in total. The summed E-state index contributed by atoms with van der Waals surface area (Å²) in [5.41, 5.74) is 13.6. The number of anilines is 4. The van der Waals surface area contributed by atoms with E-state index in [2.05, 4.69) is 60.4 Å². The molecule has 0 aliphatic carbocycles. The van der Waals surface area contributed by atoms with Crippen molar-refractivity contribution in [1.82, 2.24) is 35.0 Å². The molecule has 7 heterocycles. The fourth-order valence-electron chi connectivity index (χ4n) is 5.34. The number of nitrogen functional groups attached to an aromatic ring is 2. The molecule has 3 fully saturated rings. The fourth-order valence-corrected chi connectivity index (χ4v) is 10.1. The largest absolute Gasteiger partial charge is 0.388 e. The van der Waals surface area contributed by atoms with Gasteiger partial charge in [-0.15, -0.1) is 17.3 Å². The molecule has 2 bridgehead atoms. The van der Waals surface area contributed by atoms with Crippen molar-refractivity contribution in [2.75, 3.05) is 47.5 Å². The number of nitrogens with two attached hydrogens (primary N) is 2. The van der Waals surface area contributed by atoms with Gasteiger partial charge in [0.25, 0.3) is 11.4 Å². The Morgan fingerprint density at radius 3 is 2.73 bits per heavy atom. The van der Waals surface area contributed by atoms with Gasteiger partial charge in [-0.25, -0.2) is 37.9 Å². The van der Waals surface area contributed by atoms with Crippen molar-refractivity contribution >= 4 is 84.3 Å². The average Bonchev–Trinajstić information content (AvgIpc) is 3.73. The summed E-state index contributed by atoms with van der Waals surface area (Å²) < 4.78 is 89.8. The number of ether oxygens (including phenoxy) is 1. The van der Waals surface area contributed by atoms with Crippen molar-refractivity contribution in [1.29, 1.82) is 0 Å². The fraction of sp³-hybridized carbons (Fsp3) is 0.526. The van der Waals surface area contributed by atoms with Crippen molar-refractivity contribution < 1.29 is 40.7 Å². The van der Waals surface area contributed by atoms with Crippen LogP contribution in [-0.4, -0.2) is 84.5 Å². The molecule has 3 saturated heterocycles. The number of hydrazine groups is 2. The molecular formula is C19H23F2N11O8P2S3. The lowest BCUT2D eigenvalue weighted by Crippen LogP contribution is -2.60. The van der Waals surface area contributed by atoms with Gasteiger partial charge in [-0.2, -0.15) is 4.98 Å². The van der Waals surface area contributed by atoms with Gasteiger partial charge in [-0.3, -0.25) is 37.9 Å². The van der Waals surface area contributed by atoms with E-state index in [0.717, 1.165) is 34.0 Å². The van der Waals surface area contributed by atoms with Crippen LogP contribution < -0.4 is 33.0 Å². The van der Waals surface area contributed by atoms with Gasteiger partial charge < -0.3 is 16.2 Å². The third kappa shape index (κ3) is 5.19. The highest BCUT2D eigenvalue weighted by Crippen LogP contribution is 2.63. The van der Waals surface area contributed by atoms with Crippen LogP contribution in [0.3, 0.4) is 0 Å². The van der Waals surface area contributed by atoms with Crippen LogP contribution >= 0.6 is 49.9 Å².